The van der Waals surface area contributed by atoms with Crippen molar-refractivity contribution in [1.82, 2.24) is 4.72 Å². The van der Waals surface area contributed by atoms with Crippen molar-refractivity contribution in [1.29, 1.82) is 0 Å². The van der Waals surface area contributed by atoms with Crippen LogP contribution >= 0.6 is 0 Å². The van der Waals surface area contributed by atoms with Gasteiger partial charge >= 0.3 is 5.97 Å². The van der Waals surface area contributed by atoms with Gasteiger partial charge < -0.3 is 5.11 Å². The number of carbonyl (C=O) groups is 1. The van der Waals surface area contributed by atoms with E-state index < -0.39 is 22.0 Å². The van der Waals surface area contributed by atoms with Crippen molar-refractivity contribution >= 4 is 16.0 Å². The van der Waals surface area contributed by atoms with Crippen LogP contribution in [0.15, 0.2) is 29.2 Å². The summed E-state index contributed by atoms with van der Waals surface area (Å²) in [5, 5.41) is 9.36. The van der Waals surface area contributed by atoms with Gasteiger partial charge in [0.25, 0.3) is 0 Å². The molecule has 1 aliphatic rings. The van der Waals surface area contributed by atoms with Gasteiger partial charge in [0.15, 0.2) is 0 Å². The average Bonchev–Trinajstić information content (AvgIpc) is 2.45. The van der Waals surface area contributed by atoms with Crippen LogP contribution in [-0.4, -0.2) is 25.5 Å². The van der Waals surface area contributed by atoms with E-state index in [-0.39, 0.29) is 10.8 Å². The van der Waals surface area contributed by atoms with Gasteiger partial charge in [-0.25, -0.2) is 8.42 Å². The second-order valence-corrected chi connectivity index (χ2v) is 7.37. The third-order valence-electron chi connectivity index (χ3n) is 3.97. The molecule has 2 rings (SSSR count). The summed E-state index contributed by atoms with van der Waals surface area (Å²) in [6.07, 6.45) is 4.52. The number of rotatable bonds is 5. The van der Waals surface area contributed by atoms with Crippen LogP contribution in [0.5, 0.6) is 0 Å². The van der Waals surface area contributed by atoms with E-state index in [1.807, 2.05) is 0 Å². The Morgan fingerprint density at radius 1 is 1.29 bits per heavy atom. The first-order chi connectivity index (χ1) is 9.90. The van der Waals surface area contributed by atoms with Crippen molar-refractivity contribution in [2.24, 2.45) is 5.92 Å². The Morgan fingerprint density at radius 3 is 2.52 bits per heavy atom. The Labute approximate surface area is 125 Å². The van der Waals surface area contributed by atoms with E-state index >= 15 is 0 Å². The molecule has 116 valence electrons. The molecule has 0 bridgehead atoms. The Balaban J connectivity index is 2.21. The van der Waals surface area contributed by atoms with Crippen LogP contribution in [0.4, 0.5) is 0 Å². The summed E-state index contributed by atoms with van der Waals surface area (Å²) >= 11 is 0. The number of carboxylic acids is 1. The Morgan fingerprint density at radius 2 is 1.95 bits per heavy atom. The van der Waals surface area contributed by atoms with Crippen LogP contribution in [0, 0.1) is 12.8 Å². The Bertz CT molecular complexity index is 606. The van der Waals surface area contributed by atoms with Crippen molar-refractivity contribution in [3.05, 3.63) is 29.8 Å². The molecule has 0 heterocycles. The van der Waals surface area contributed by atoms with E-state index in [1.54, 1.807) is 25.1 Å². The quantitative estimate of drug-likeness (QED) is 0.874. The van der Waals surface area contributed by atoms with Gasteiger partial charge in [0.1, 0.15) is 6.04 Å². The fourth-order valence-corrected chi connectivity index (χ4v) is 4.20. The maximum Gasteiger partial charge on any atom is 0.322 e. The molecule has 0 aromatic heterocycles. The highest BCUT2D eigenvalue weighted by molar-refractivity contribution is 7.89. The van der Waals surface area contributed by atoms with Crippen LogP contribution in [-0.2, 0) is 14.8 Å². The topological polar surface area (TPSA) is 83.5 Å². The molecule has 5 nitrogen and oxygen atoms in total. The lowest BCUT2D eigenvalue weighted by Gasteiger charge is -2.27. The highest BCUT2D eigenvalue weighted by Crippen LogP contribution is 2.27. The third kappa shape index (κ3) is 4.04. The van der Waals surface area contributed by atoms with E-state index in [4.69, 9.17) is 0 Å². The van der Waals surface area contributed by atoms with Gasteiger partial charge in [-0.2, -0.15) is 4.72 Å². The summed E-state index contributed by atoms with van der Waals surface area (Å²) in [7, 11) is -3.81. The van der Waals surface area contributed by atoms with E-state index in [1.165, 1.54) is 6.07 Å². The second-order valence-electron chi connectivity index (χ2n) is 5.65. The first-order valence-electron chi connectivity index (χ1n) is 7.22. The molecule has 6 heteroatoms. The molecule has 1 unspecified atom stereocenters. The summed E-state index contributed by atoms with van der Waals surface area (Å²) in [6.45, 7) is 1.80. The smallest absolute Gasteiger partial charge is 0.322 e. The third-order valence-corrected chi connectivity index (χ3v) is 5.41. The van der Waals surface area contributed by atoms with Crippen molar-refractivity contribution < 1.29 is 18.3 Å². The molecule has 0 spiro atoms. The van der Waals surface area contributed by atoms with Crippen molar-refractivity contribution in [2.75, 3.05) is 0 Å². The summed E-state index contributed by atoms with van der Waals surface area (Å²) in [5.74, 6) is -1.23. The number of hydrogen-bond acceptors (Lipinski definition) is 3. The number of carboxylic acid groups (broad SMARTS) is 1. The lowest BCUT2D eigenvalue weighted by atomic mass is 9.84. The van der Waals surface area contributed by atoms with E-state index in [0.717, 1.165) is 37.7 Å². The van der Waals surface area contributed by atoms with Gasteiger partial charge in [-0.15, -0.1) is 0 Å². The lowest BCUT2D eigenvalue weighted by Crippen LogP contribution is -2.46. The van der Waals surface area contributed by atoms with Gasteiger partial charge in [0.05, 0.1) is 4.90 Å². The summed E-state index contributed by atoms with van der Waals surface area (Å²) in [5.41, 5.74) is 0.822. The molecule has 21 heavy (non-hydrogen) atoms. The zero-order chi connectivity index (χ0) is 15.5. The second kappa shape index (κ2) is 6.58. The number of hydrogen-bond donors (Lipinski definition) is 2. The fourth-order valence-electron chi connectivity index (χ4n) is 2.83. The highest BCUT2D eigenvalue weighted by Gasteiger charge is 2.33. The number of sulfonamides is 1. The van der Waals surface area contributed by atoms with Gasteiger partial charge in [0.2, 0.25) is 10.0 Å². The predicted molar refractivity (Wildman–Crippen MR) is 79.5 cm³/mol. The van der Waals surface area contributed by atoms with Crippen molar-refractivity contribution in [2.45, 2.75) is 50.0 Å². The van der Waals surface area contributed by atoms with Crippen LogP contribution < -0.4 is 4.72 Å². The monoisotopic (exact) mass is 311 g/mol. The molecule has 1 aliphatic carbocycles. The molecule has 1 fully saturated rings. The number of aliphatic carboxylic acids is 1. The molecule has 1 saturated carbocycles. The largest absolute Gasteiger partial charge is 0.480 e. The Hall–Kier alpha value is -1.40. The first-order valence-corrected chi connectivity index (χ1v) is 8.70. The molecule has 0 aliphatic heterocycles. The molecule has 1 aromatic carbocycles. The fraction of sp³-hybridized carbons (Fsp3) is 0.533. The average molecular weight is 311 g/mol. The zero-order valence-corrected chi connectivity index (χ0v) is 12.9. The maximum atomic E-state index is 12.4. The SMILES string of the molecule is Cc1cccc(S(=O)(=O)NC(C(=O)O)C2CCCCC2)c1. The molecular weight excluding hydrogens is 290 g/mol. The number of aryl methyl sites for hydroxylation is 1. The molecule has 0 saturated heterocycles. The Kier molecular flexibility index (Phi) is 5.00. The van der Waals surface area contributed by atoms with Gasteiger partial charge in [0, 0.05) is 0 Å². The normalized spacial score (nSPS) is 18.3. The molecule has 1 atom stereocenters. The maximum absolute atomic E-state index is 12.4. The van der Waals surface area contributed by atoms with Crippen LogP contribution in [0.2, 0.25) is 0 Å². The first kappa shape index (κ1) is 16.0. The van der Waals surface area contributed by atoms with E-state index in [0.29, 0.717) is 0 Å². The van der Waals surface area contributed by atoms with Crippen LogP contribution in [0.3, 0.4) is 0 Å². The van der Waals surface area contributed by atoms with E-state index in [9.17, 15) is 18.3 Å². The van der Waals surface area contributed by atoms with Crippen LogP contribution in [0.25, 0.3) is 0 Å². The summed E-state index contributed by atoms with van der Waals surface area (Å²) in [4.78, 5) is 11.6. The van der Waals surface area contributed by atoms with E-state index in [2.05, 4.69) is 4.72 Å². The minimum Gasteiger partial charge on any atom is -0.480 e. The highest BCUT2D eigenvalue weighted by atomic mass is 32.2. The van der Waals surface area contributed by atoms with Crippen molar-refractivity contribution in [3.63, 3.8) is 0 Å². The van der Waals surface area contributed by atoms with Gasteiger partial charge in [-0.05, 0) is 43.4 Å². The lowest BCUT2D eigenvalue weighted by molar-refractivity contribution is -0.140. The summed E-state index contributed by atoms with van der Waals surface area (Å²) < 4.78 is 27.1. The number of nitrogens with one attached hydrogen (secondary N) is 1. The molecular formula is C15H21NO4S. The minimum atomic E-state index is -3.81. The summed E-state index contributed by atoms with van der Waals surface area (Å²) in [6, 6.07) is 5.43. The molecule has 2 N–H and O–H groups in total. The van der Waals surface area contributed by atoms with Gasteiger partial charge in [-0.1, -0.05) is 31.4 Å². The van der Waals surface area contributed by atoms with Crippen molar-refractivity contribution in [3.8, 4) is 0 Å². The standard InChI is InChI=1S/C15H21NO4S/c1-11-6-5-9-13(10-11)21(19,20)16-14(15(17)18)12-7-3-2-4-8-12/h5-6,9-10,12,14,16H,2-4,7-8H2,1H3,(H,17,18). The predicted octanol–water partition coefficient (Wildman–Crippen LogP) is 2.31. The number of benzene rings is 1. The van der Waals surface area contributed by atoms with Crippen LogP contribution in [0.1, 0.15) is 37.7 Å². The minimum absolute atomic E-state index is 0.115. The van der Waals surface area contributed by atoms with Gasteiger partial charge in [-0.3, -0.25) is 4.79 Å². The molecule has 1 aromatic rings. The molecule has 0 amide bonds. The zero-order valence-electron chi connectivity index (χ0n) is 12.1. The molecule has 0 radical (unpaired) electrons.